The fraction of sp³-hybridized carbons (Fsp3) is 0.833. The van der Waals surface area contributed by atoms with Gasteiger partial charge in [-0.15, -0.1) is 0 Å². The summed E-state index contributed by atoms with van der Waals surface area (Å²) in [5.41, 5.74) is 0. The highest BCUT2D eigenvalue weighted by Gasteiger charge is 2.42. The second-order valence-electron chi connectivity index (χ2n) is 5.18. The van der Waals surface area contributed by atoms with Gasteiger partial charge in [0, 0.05) is 25.6 Å². The van der Waals surface area contributed by atoms with E-state index in [0.717, 1.165) is 19.3 Å². The van der Waals surface area contributed by atoms with Gasteiger partial charge in [0.15, 0.2) is 0 Å². The van der Waals surface area contributed by atoms with Gasteiger partial charge in [-0.25, -0.2) is 9.59 Å². The van der Waals surface area contributed by atoms with E-state index in [1.807, 2.05) is 0 Å². The summed E-state index contributed by atoms with van der Waals surface area (Å²) in [6.45, 7) is 0.114. The number of aliphatic hydroxyl groups is 2. The third kappa shape index (κ3) is 2.82. The van der Waals surface area contributed by atoms with Crippen molar-refractivity contribution in [1.29, 1.82) is 0 Å². The van der Waals surface area contributed by atoms with Gasteiger partial charge in [-0.05, 0) is 19.3 Å². The molecule has 1 saturated heterocycles. The Labute approximate surface area is 111 Å². The summed E-state index contributed by atoms with van der Waals surface area (Å²) in [6, 6.07) is -1.27. The Hall–Kier alpha value is -1.34. The molecule has 1 saturated carbocycles. The molecule has 7 heteroatoms. The molecule has 2 rings (SSSR count). The lowest BCUT2D eigenvalue weighted by atomic mass is 9.91. The fourth-order valence-electron chi connectivity index (χ4n) is 2.66. The van der Waals surface area contributed by atoms with E-state index in [4.69, 9.17) is 10.2 Å². The van der Waals surface area contributed by atoms with Crippen molar-refractivity contribution in [2.45, 2.75) is 43.9 Å². The molecular formula is C12H20N2O5. The number of carboxylic acid groups (broad SMARTS) is 1. The van der Waals surface area contributed by atoms with E-state index in [2.05, 4.69) is 0 Å². The number of likely N-dealkylation sites (tertiary alicyclic amines) is 1. The van der Waals surface area contributed by atoms with Gasteiger partial charge in [-0.2, -0.15) is 0 Å². The Morgan fingerprint density at radius 2 is 2.00 bits per heavy atom. The highest BCUT2D eigenvalue weighted by atomic mass is 16.4. The first kappa shape index (κ1) is 14.1. The monoisotopic (exact) mass is 272 g/mol. The van der Waals surface area contributed by atoms with E-state index in [-0.39, 0.29) is 38.2 Å². The highest BCUT2D eigenvalue weighted by molar-refractivity contribution is 5.83. The van der Waals surface area contributed by atoms with Crippen LogP contribution in [0.4, 0.5) is 4.79 Å². The largest absolute Gasteiger partial charge is 0.480 e. The van der Waals surface area contributed by atoms with E-state index in [9.17, 15) is 14.7 Å². The molecule has 2 amide bonds. The number of hydrogen-bond acceptors (Lipinski definition) is 4. The standard InChI is InChI=1S/C12H20N2O5/c15-5-4-13(8-2-1-3-8)12(19)14-7-9(16)6-10(14)11(17)18/h8-10,15-16H,1-7H2,(H,17,18). The van der Waals surface area contributed by atoms with Crippen LogP contribution in [0.3, 0.4) is 0 Å². The van der Waals surface area contributed by atoms with Crippen LogP contribution < -0.4 is 0 Å². The number of aliphatic carboxylic acids is 1. The molecule has 0 aromatic rings. The van der Waals surface area contributed by atoms with Gasteiger partial charge in [0.1, 0.15) is 6.04 Å². The Morgan fingerprint density at radius 3 is 2.47 bits per heavy atom. The zero-order valence-corrected chi connectivity index (χ0v) is 10.7. The van der Waals surface area contributed by atoms with Crippen LogP contribution in [0.5, 0.6) is 0 Å². The summed E-state index contributed by atoms with van der Waals surface area (Å²) in [7, 11) is 0. The molecule has 1 aliphatic carbocycles. The molecule has 2 aliphatic rings. The maximum absolute atomic E-state index is 12.4. The maximum Gasteiger partial charge on any atom is 0.326 e. The predicted octanol–water partition coefficient (Wildman–Crippen LogP) is -0.527. The van der Waals surface area contributed by atoms with E-state index < -0.39 is 18.1 Å². The molecule has 2 unspecified atom stereocenters. The molecule has 19 heavy (non-hydrogen) atoms. The lowest BCUT2D eigenvalue weighted by molar-refractivity contribution is -0.141. The molecule has 2 atom stereocenters. The summed E-state index contributed by atoms with van der Waals surface area (Å²) >= 11 is 0. The molecule has 0 aromatic heterocycles. The first-order valence-electron chi connectivity index (χ1n) is 6.63. The van der Waals surface area contributed by atoms with Gasteiger partial charge in [-0.1, -0.05) is 0 Å². The molecule has 3 N–H and O–H groups in total. The van der Waals surface area contributed by atoms with Crippen molar-refractivity contribution in [2.75, 3.05) is 19.7 Å². The zero-order valence-electron chi connectivity index (χ0n) is 10.7. The lowest BCUT2D eigenvalue weighted by Gasteiger charge is -2.40. The van der Waals surface area contributed by atoms with Crippen LogP contribution in [0.25, 0.3) is 0 Å². The molecule has 108 valence electrons. The van der Waals surface area contributed by atoms with Gasteiger partial charge >= 0.3 is 12.0 Å². The van der Waals surface area contributed by atoms with Gasteiger partial charge in [-0.3, -0.25) is 0 Å². The molecule has 0 bridgehead atoms. The second-order valence-corrected chi connectivity index (χ2v) is 5.18. The van der Waals surface area contributed by atoms with Gasteiger partial charge in [0.2, 0.25) is 0 Å². The highest BCUT2D eigenvalue weighted by Crippen LogP contribution is 2.28. The smallest absolute Gasteiger partial charge is 0.326 e. The third-order valence-corrected chi connectivity index (χ3v) is 3.91. The van der Waals surface area contributed by atoms with E-state index in [0.29, 0.717) is 0 Å². The number of nitrogens with zero attached hydrogens (tertiary/aromatic N) is 2. The summed E-state index contributed by atoms with van der Waals surface area (Å²) in [5.74, 6) is -1.09. The first-order chi connectivity index (χ1) is 9.04. The average Bonchev–Trinajstić information content (AvgIpc) is 2.67. The van der Waals surface area contributed by atoms with Crippen LogP contribution in [0.2, 0.25) is 0 Å². The van der Waals surface area contributed by atoms with Crippen molar-refractivity contribution in [3.8, 4) is 0 Å². The Bertz CT molecular complexity index is 358. The van der Waals surface area contributed by atoms with E-state index in [1.165, 1.54) is 9.80 Å². The number of β-amino-alcohol motifs (C(OH)–C–C–N with tert-alkyl or cyclic N) is 1. The zero-order chi connectivity index (χ0) is 14.0. The lowest BCUT2D eigenvalue weighted by Crippen LogP contribution is -2.54. The van der Waals surface area contributed by atoms with Crippen LogP contribution in [-0.4, -0.2) is 75.0 Å². The molecule has 0 aromatic carbocycles. The molecule has 0 spiro atoms. The number of hydrogen-bond donors (Lipinski definition) is 3. The molecular weight excluding hydrogens is 252 g/mol. The first-order valence-corrected chi connectivity index (χ1v) is 6.63. The van der Waals surface area contributed by atoms with Crippen molar-refractivity contribution >= 4 is 12.0 Å². The van der Waals surface area contributed by atoms with Crippen molar-refractivity contribution in [1.82, 2.24) is 9.80 Å². The molecule has 2 fully saturated rings. The van der Waals surface area contributed by atoms with Crippen LogP contribution in [0.1, 0.15) is 25.7 Å². The fourth-order valence-corrected chi connectivity index (χ4v) is 2.66. The topological polar surface area (TPSA) is 101 Å². The third-order valence-electron chi connectivity index (χ3n) is 3.91. The minimum Gasteiger partial charge on any atom is -0.480 e. The predicted molar refractivity (Wildman–Crippen MR) is 65.6 cm³/mol. The quantitative estimate of drug-likeness (QED) is 0.639. The van der Waals surface area contributed by atoms with Gasteiger partial charge in [0.05, 0.1) is 12.7 Å². The summed E-state index contributed by atoms with van der Waals surface area (Å²) in [4.78, 5) is 26.3. The molecule has 7 nitrogen and oxygen atoms in total. The van der Waals surface area contributed by atoms with Crippen molar-refractivity contribution in [3.05, 3.63) is 0 Å². The van der Waals surface area contributed by atoms with Gasteiger partial charge in [0.25, 0.3) is 0 Å². The Kier molecular flexibility index (Phi) is 4.26. The molecule has 0 radical (unpaired) electrons. The Morgan fingerprint density at radius 1 is 1.32 bits per heavy atom. The van der Waals surface area contributed by atoms with Crippen molar-refractivity contribution < 1.29 is 24.9 Å². The molecule has 1 heterocycles. The number of urea groups is 1. The number of carbonyl (C=O) groups excluding carboxylic acids is 1. The van der Waals surface area contributed by atoms with Crippen molar-refractivity contribution in [2.24, 2.45) is 0 Å². The SMILES string of the molecule is O=C(O)C1CC(O)CN1C(=O)N(CCO)C1CCC1. The number of amides is 2. The van der Waals surface area contributed by atoms with Crippen molar-refractivity contribution in [3.63, 3.8) is 0 Å². The van der Waals surface area contributed by atoms with Crippen LogP contribution in [0, 0.1) is 0 Å². The van der Waals surface area contributed by atoms with E-state index >= 15 is 0 Å². The average molecular weight is 272 g/mol. The van der Waals surface area contributed by atoms with Gasteiger partial charge < -0.3 is 25.1 Å². The normalized spacial score (nSPS) is 27.2. The van der Waals surface area contributed by atoms with E-state index in [1.54, 1.807) is 0 Å². The van der Waals surface area contributed by atoms with Crippen LogP contribution in [-0.2, 0) is 4.79 Å². The summed E-state index contributed by atoms with van der Waals surface area (Å²) < 4.78 is 0. The van der Waals surface area contributed by atoms with Crippen LogP contribution in [0.15, 0.2) is 0 Å². The van der Waals surface area contributed by atoms with Crippen LogP contribution >= 0.6 is 0 Å². The number of carbonyl (C=O) groups is 2. The number of rotatable bonds is 4. The number of aliphatic hydroxyl groups excluding tert-OH is 2. The summed E-state index contributed by atoms with van der Waals surface area (Å²) in [5, 5.41) is 27.7. The minimum atomic E-state index is -1.09. The minimum absolute atomic E-state index is 0.0461. The Balaban J connectivity index is 2.08. The molecule has 1 aliphatic heterocycles. The number of carboxylic acids is 1. The maximum atomic E-state index is 12.4. The second kappa shape index (κ2) is 5.75. The summed E-state index contributed by atoms with van der Waals surface area (Å²) in [6.07, 6.45) is 2.10.